The molecule has 10 nitrogen and oxygen atoms in total. The first-order valence-electron chi connectivity index (χ1n) is 10.8. The molecule has 4 amide bonds. The molecule has 10 heteroatoms. The van der Waals surface area contributed by atoms with Gasteiger partial charge < -0.3 is 10.1 Å². The van der Waals surface area contributed by atoms with Gasteiger partial charge in [0.05, 0.1) is 23.1 Å². The van der Waals surface area contributed by atoms with Gasteiger partial charge in [0, 0.05) is 17.8 Å². The van der Waals surface area contributed by atoms with Crippen LogP contribution in [0.25, 0.3) is 0 Å². The summed E-state index contributed by atoms with van der Waals surface area (Å²) in [5.74, 6) is -1.81. The molecular weight excluding hydrogens is 440 g/mol. The number of urea groups is 2. The van der Waals surface area contributed by atoms with Crippen molar-refractivity contribution in [2.75, 3.05) is 0 Å². The highest BCUT2D eigenvalue weighted by Gasteiger charge is 2.46. The summed E-state index contributed by atoms with van der Waals surface area (Å²) in [5.41, 5.74) is 0.971. The number of nitro benzene ring substituents is 1. The van der Waals surface area contributed by atoms with Gasteiger partial charge in [-0.3, -0.25) is 14.9 Å². The van der Waals surface area contributed by atoms with Crippen LogP contribution in [0.4, 0.5) is 15.3 Å². The van der Waals surface area contributed by atoms with Crippen LogP contribution < -0.4 is 5.32 Å². The number of benzene rings is 2. The Balaban J connectivity index is 2.06. The second-order valence-corrected chi connectivity index (χ2v) is 8.25. The number of carbonyl (C=O) groups is 3. The lowest BCUT2D eigenvalue weighted by Crippen LogP contribution is -2.53. The Morgan fingerprint density at radius 2 is 1.79 bits per heavy atom. The van der Waals surface area contributed by atoms with E-state index in [2.05, 4.69) is 10.3 Å². The zero-order valence-corrected chi connectivity index (χ0v) is 19.3. The number of non-ortho nitro benzene ring substituents is 1. The molecule has 0 aromatic heterocycles. The fourth-order valence-corrected chi connectivity index (χ4v) is 3.83. The minimum absolute atomic E-state index is 0.160. The zero-order valence-electron chi connectivity index (χ0n) is 19.3. The molecule has 0 saturated carbocycles. The summed E-state index contributed by atoms with van der Waals surface area (Å²) in [6.45, 7) is 6.60. The number of ether oxygens (including phenoxy) is 1. The predicted molar refractivity (Wildman–Crippen MR) is 124 cm³/mol. The summed E-state index contributed by atoms with van der Waals surface area (Å²) >= 11 is 0. The van der Waals surface area contributed by atoms with E-state index in [0.29, 0.717) is 0 Å². The van der Waals surface area contributed by atoms with Crippen LogP contribution in [0.2, 0.25) is 0 Å². The summed E-state index contributed by atoms with van der Waals surface area (Å²) in [5, 5.41) is 14.1. The molecule has 3 unspecified atom stereocenters. The Morgan fingerprint density at radius 3 is 2.41 bits per heavy atom. The molecule has 0 bridgehead atoms. The molecule has 0 radical (unpaired) electrons. The summed E-state index contributed by atoms with van der Waals surface area (Å²) in [4.78, 5) is 54.8. The van der Waals surface area contributed by atoms with Gasteiger partial charge in [-0.2, -0.15) is 0 Å². The molecule has 0 aliphatic carbocycles. The fraction of sp³-hybridized carbons (Fsp3) is 0.333. The number of nitrogens with zero attached hydrogens (tertiary/aromatic N) is 3. The van der Waals surface area contributed by atoms with Gasteiger partial charge in [-0.1, -0.05) is 42.5 Å². The van der Waals surface area contributed by atoms with Gasteiger partial charge in [0.25, 0.3) is 5.69 Å². The lowest BCUT2D eigenvalue weighted by atomic mass is 9.86. The molecule has 178 valence electrons. The van der Waals surface area contributed by atoms with E-state index in [9.17, 15) is 24.5 Å². The molecule has 1 aliphatic heterocycles. The van der Waals surface area contributed by atoms with Crippen LogP contribution in [0.3, 0.4) is 0 Å². The van der Waals surface area contributed by atoms with Gasteiger partial charge in [0.1, 0.15) is 5.92 Å². The van der Waals surface area contributed by atoms with Crippen LogP contribution in [-0.2, 0) is 9.53 Å². The van der Waals surface area contributed by atoms with Gasteiger partial charge in [0.2, 0.25) is 0 Å². The maximum absolute atomic E-state index is 13.3. The van der Waals surface area contributed by atoms with Gasteiger partial charge in [-0.15, -0.1) is 0 Å². The predicted octanol–water partition coefficient (Wildman–Crippen LogP) is 4.57. The molecule has 0 fully saturated rings. The molecule has 34 heavy (non-hydrogen) atoms. The maximum Gasteiger partial charge on any atom is 0.352 e. The van der Waals surface area contributed by atoms with Gasteiger partial charge in [0.15, 0.2) is 0 Å². The monoisotopic (exact) mass is 466 g/mol. The van der Waals surface area contributed by atoms with Gasteiger partial charge >= 0.3 is 18.0 Å². The molecule has 3 rings (SSSR count). The summed E-state index contributed by atoms with van der Waals surface area (Å²) < 4.78 is 5.38. The van der Waals surface area contributed by atoms with Crippen molar-refractivity contribution in [2.24, 2.45) is 10.9 Å². The van der Waals surface area contributed by atoms with E-state index in [1.165, 1.54) is 31.2 Å². The average Bonchev–Trinajstić information content (AvgIpc) is 2.78. The SMILES string of the molecule is CC1=NC(=O)N(C(=O)NC(C)c2ccccc2)C(c2cccc([N+](=O)[O-])c2)C1C(=O)OC(C)C. The van der Waals surface area contributed by atoms with E-state index in [1.54, 1.807) is 20.8 Å². The van der Waals surface area contributed by atoms with E-state index in [1.807, 2.05) is 30.3 Å². The Kier molecular flexibility index (Phi) is 7.40. The average molecular weight is 466 g/mol. The number of hydrogen-bond donors (Lipinski definition) is 1. The number of rotatable bonds is 6. The van der Waals surface area contributed by atoms with Crippen molar-refractivity contribution in [3.63, 3.8) is 0 Å². The highest BCUT2D eigenvalue weighted by atomic mass is 16.6. The Hall–Kier alpha value is -4.08. The number of nitro groups is 1. The molecule has 2 aromatic carbocycles. The Morgan fingerprint density at radius 1 is 1.12 bits per heavy atom. The third-order valence-electron chi connectivity index (χ3n) is 5.41. The number of carbonyl (C=O) groups excluding carboxylic acids is 3. The number of esters is 1. The maximum atomic E-state index is 13.3. The molecule has 3 atom stereocenters. The van der Waals surface area contributed by atoms with Crippen molar-refractivity contribution in [1.29, 1.82) is 0 Å². The normalized spacial score (nSPS) is 18.8. The van der Waals surface area contributed by atoms with Gasteiger partial charge in [-0.25, -0.2) is 19.5 Å². The van der Waals surface area contributed by atoms with Crippen molar-refractivity contribution in [3.05, 3.63) is 75.8 Å². The standard InChI is InChI=1S/C24H26N4O6/c1-14(2)34-22(29)20-16(4)26-24(31)27(21(20)18-11-8-12-19(13-18)28(32)33)23(30)25-15(3)17-9-6-5-7-10-17/h5-15,20-21H,1-4H3,(H,25,30). The zero-order chi connectivity index (χ0) is 25.0. The minimum Gasteiger partial charge on any atom is -0.462 e. The number of aliphatic imine (C=N–C) groups is 1. The number of amides is 4. The highest BCUT2D eigenvalue weighted by Crippen LogP contribution is 2.36. The number of hydrogen-bond acceptors (Lipinski definition) is 6. The summed E-state index contributed by atoms with van der Waals surface area (Å²) in [6.07, 6.45) is -0.455. The smallest absolute Gasteiger partial charge is 0.352 e. The van der Waals surface area contributed by atoms with E-state index in [-0.39, 0.29) is 17.0 Å². The quantitative estimate of drug-likeness (QED) is 0.377. The van der Waals surface area contributed by atoms with Crippen molar-refractivity contribution < 1.29 is 24.0 Å². The molecule has 1 N–H and O–H groups in total. The third-order valence-corrected chi connectivity index (χ3v) is 5.41. The number of imide groups is 1. The van der Waals surface area contributed by atoms with Gasteiger partial charge in [-0.05, 0) is 38.8 Å². The van der Waals surface area contributed by atoms with Crippen molar-refractivity contribution in [1.82, 2.24) is 10.2 Å². The second kappa shape index (κ2) is 10.2. The molecule has 1 aliphatic rings. The van der Waals surface area contributed by atoms with Crippen LogP contribution in [0, 0.1) is 16.0 Å². The van der Waals surface area contributed by atoms with E-state index >= 15 is 0 Å². The lowest BCUT2D eigenvalue weighted by Gasteiger charge is -2.37. The van der Waals surface area contributed by atoms with Crippen molar-refractivity contribution >= 4 is 29.4 Å². The van der Waals surface area contributed by atoms with E-state index in [4.69, 9.17) is 4.74 Å². The number of nitrogens with one attached hydrogen (secondary N) is 1. The molecule has 1 heterocycles. The molecule has 2 aromatic rings. The van der Waals surface area contributed by atoms with Crippen molar-refractivity contribution in [2.45, 2.75) is 45.9 Å². The lowest BCUT2D eigenvalue weighted by molar-refractivity contribution is -0.385. The first-order valence-corrected chi connectivity index (χ1v) is 10.8. The Labute approximate surface area is 196 Å². The minimum atomic E-state index is -1.18. The molecule has 0 spiro atoms. The third kappa shape index (κ3) is 5.28. The van der Waals surface area contributed by atoms with Crippen LogP contribution in [0.1, 0.15) is 50.9 Å². The largest absolute Gasteiger partial charge is 0.462 e. The highest BCUT2D eigenvalue weighted by molar-refractivity contribution is 6.11. The second-order valence-electron chi connectivity index (χ2n) is 8.25. The summed E-state index contributed by atoms with van der Waals surface area (Å²) in [6, 6.07) is 11.3. The fourth-order valence-electron chi connectivity index (χ4n) is 3.83. The van der Waals surface area contributed by atoms with Crippen molar-refractivity contribution in [3.8, 4) is 0 Å². The van der Waals surface area contributed by atoms with E-state index in [0.717, 1.165) is 10.5 Å². The summed E-state index contributed by atoms with van der Waals surface area (Å²) in [7, 11) is 0. The molecule has 0 saturated heterocycles. The topological polar surface area (TPSA) is 131 Å². The van der Waals surface area contributed by atoms with Crippen LogP contribution in [0.15, 0.2) is 59.6 Å². The van der Waals surface area contributed by atoms with Crippen LogP contribution in [-0.4, -0.2) is 39.7 Å². The van der Waals surface area contributed by atoms with Crippen LogP contribution >= 0.6 is 0 Å². The first kappa shape index (κ1) is 24.6. The first-order chi connectivity index (χ1) is 16.1. The molecular formula is C24H26N4O6. The van der Waals surface area contributed by atoms with E-state index < -0.39 is 47.1 Å². The van der Waals surface area contributed by atoms with Crippen LogP contribution in [0.5, 0.6) is 0 Å². The Bertz CT molecular complexity index is 1130.